The molecule has 1 aliphatic heterocycles. The van der Waals surface area contributed by atoms with Crippen molar-refractivity contribution in [3.05, 3.63) is 34.9 Å². The molecule has 0 aromatic heterocycles. The van der Waals surface area contributed by atoms with E-state index in [-0.39, 0.29) is 6.04 Å². The molecule has 0 radical (unpaired) electrons. The van der Waals surface area contributed by atoms with Crippen LogP contribution >= 0.6 is 0 Å². The average molecular weight is 260 g/mol. The molecule has 1 aromatic rings. The molecule has 3 heteroatoms. The molecule has 3 nitrogen and oxygen atoms in total. The summed E-state index contributed by atoms with van der Waals surface area (Å²) < 4.78 is 0. The predicted molar refractivity (Wildman–Crippen MR) is 78.5 cm³/mol. The Balaban J connectivity index is 2.09. The van der Waals surface area contributed by atoms with E-state index in [1.165, 1.54) is 16.7 Å². The number of hydrogen-bond acceptors (Lipinski definition) is 3. The van der Waals surface area contributed by atoms with Crippen LogP contribution in [0.1, 0.15) is 16.7 Å². The Morgan fingerprint density at radius 1 is 1.26 bits per heavy atom. The van der Waals surface area contributed by atoms with Crippen LogP contribution in [0.3, 0.4) is 0 Å². The maximum atomic E-state index is 12.5. The second kappa shape index (κ2) is 5.85. The summed E-state index contributed by atoms with van der Waals surface area (Å²) in [7, 11) is 4.14. The van der Waals surface area contributed by atoms with Crippen molar-refractivity contribution in [2.75, 3.05) is 33.7 Å². The fourth-order valence-corrected chi connectivity index (χ4v) is 2.65. The van der Waals surface area contributed by atoms with E-state index in [2.05, 4.69) is 55.9 Å². The van der Waals surface area contributed by atoms with E-state index in [0.717, 1.165) is 19.6 Å². The van der Waals surface area contributed by atoms with Gasteiger partial charge in [0.2, 0.25) is 0 Å². The molecule has 0 amide bonds. The lowest BCUT2D eigenvalue weighted by Gasteiger charge is -2.36. The molecule has 1 aliphatic rings. The number of aryl methyl sites for hydroxylation is 2. The van der Waals surface area contributed by atoms with Gasteiger partial charge in [-0.2, -0.15) is 0 Å². The van der Waals surface area contributed by atoms with Gasteiger partial charge in [0.25, 0.3) is 0 Å². The van der Waals surface area contributed by atoms with Crippen molar-refractivity contribution in [3.8, 4) is 0 Å². The molecule has 0 aliphatic carbocycles. The van der Waals surface area contributed by atoms with Crippen LogP contribution in [-0.2, 0) is 11.2 Å². The molecule has 0 N–H and O–H groups in total. The molecule has 1 fully saturated rings. The molecule has 0 saturated carbocycles. The van der Waals surface area contributed by atoms with Gasteiger partial charge in [-0.05, 0) is 39.1 Å². The summed E-state index contributed by atoms with van der Waals surface area (Å²) in [4.78, 5) is 16.9. The number of ketones is 1. The summed E-state index contributed by atoms with van der Waals surface area (Å²) in [6, 6.07) is 6.39. The van der Waals surface area contributed by atoms with Gasteiger partial charge >= 0.3 is 0 Å². The van der Waals surface area contributed by atoms with E-state index >= 15 is 0 Å². The van der Waals surface area contributed by atoms with Gasteiger partial charge in [-0.15, -0.1) is 0 Å². The highest BCUT2D eigenvalue weighted by Gasteiger charge is 2.28. The van der Waals surface area contributed by atoms with Crippen LogP contribution in [0.5, 0.6) is 0 Å². The van der Waals surface area contributed by atoms with E-state index < -0.39 is 0 Å². The Bertz CT molecular complexity index is 470. The van der Waals surface area contributed by atoms with Crippen LogP contribution in [-0.4, -0.2) is 55.4 Å². The van der Waals surface area contributed by atoms with Crippen LogP contribution < -0.4 is 0 Å². The van der Waals surface area contributed by atoms with Gasteiger partial charge in [-0.1, -0.05) is 23.8 Å². The van der Waals surface area contributed by atoms with E-state index in [0.29, 0.717) is 12.2 Å². The highest BCUT2D eigenvalue weighted by molar-refractivity contribution is 5.86. The smallest absolute Gasteiger partial charge is 0.155 e. The number of carbonyl (C=O) groups excluding carboxylic acids is 1. The highest BCUT2D eigenvalue weighted by atomic mass is 16.1. The third-order valence-electron chi connectivity index (χ3n) is 4.09. The molecule has 2 rings (SSSR count). The third-order valence-corrected chi connectivity index (χ3v) is 4.09. The fraction of sp³-hybridized carbons (Fsp3) is 0.562. The Kier molecular flexibility index (Phi) is 4.38. The first-order valence-electron chi connectivity index (χ1n) is 6.95. The fourth-order valence-electron chi connectivity index (χ4n) is 2.65. The summed E-state index contributed by atoms with van der Waals surface area (Å²) in [5.41, 5.74) is 3.61. The molecular weight excluding hydrogens is 236 g/mol. The molecule has 0 bridgehead atoms. The summed E-state index contributed by atoms with van der Waals surface area (Å²) in [5.74, 6) is 0.336. The molecule has 19 heavy (non-hydrogen) atoms. The van der Waals surface area contributed by atoms with E-state index in [4.69, 9.17) is 0 Å². The van der Waals surface area contributed by atoms with Crippen molar-refractivity contribution >= 4 is 5.78 Å². The Morgan fingerprint density at radius 2 is 2.00 bits per heavy atom. The number of piperazine rings is 1. The maximum absolute atomic E-state index is 12.5. The zero-order valence-corrected chi connectivity index (χ0v) is 12.4. The van der Waals surface area contributed by atoms with Crippen molar-refractivity contribution in [2.24, 2.45) is 0 Å². The van der Waals surface area contributed by atoms with Gasteiger partial charge in [0.1, 0.15) is 0 Å². The summed E-state index contributed by atoms with van der Waals surface area (Å²) in [6.07, 6.45) is 0.552. The van der Waals surface area contributed by atoms with Crippen molar-refractivity contribution in [2.45, 2.75) is 26.3 Å². The van der Waals surface area contributed by atoms with E-state index in [1.807, 2.05) is 0 Å². The average Bonchev–Trinajstić information content (AvgIpc) is 2.36. The lowest BCUT2D eigenvalue weighted by atomic mass is 9.96. The Labute approximate surface area is 116 Å². The zero-order valence-electron chi connectivity index (χ0n) is 12.4. The van der Waals surface area contributed by atoms with Crippen LogP contribution in [0, 0.1) is 13.8 Å². The quantitative estimate of drug-likeness (QED) is 0.826. The van der Waals surface area contributed by atoms with Crippen molar-refractivity contribution in [3.63, 3.8) is 0 Å². The van der Waals surface area contributed by atoms with Gasteiger partial charge in [0.05, 0.1) is 6.04 Å². The molecule has 1 unspecified atom stereocenters. The normalized spacial score (nSPS) is 21.6. The topological polar surface area (TPSA) is 23.6 Å². The summed E-state index contributed by atoms with van der Waals surface area (Å²) in [5, 5.41) is 0. The largest absolute Gasteiger partial charge is 0.303 e. The number of likely N-dealkylation sites (N-methyl/N-ethyl adjacent to an activating group) is 2. The summed E-state index contributed by atoms with van der Waals surface area (Å²) >= 11 is 0. The van der Waals surface area contributed by atoms with Gasteiger partial charge in [-0.3, -0.25) is 9.69 Å². The number of rotatable bonds is 3. The molecule has 1 atom stereocenters. The van der Waals surface area contributed by atoms with Crippen molar-refractivity contribution in [1.82, 2.24) is 9.80 Å². The number of Topliss-reactive ketones (excluding diaryl/α,β-unsaturated/α-hetero) is 1. The highest BCUT2D eigenvalue weighted by Crippen LogP contribution is 2.15. The third kappa shape index (κ3) is 3.43. The zero-order chi connectivity index (χ0) is 14.0. The first kappa shape index (κ1) is 14.2. The minimum Gasteiger partial charge on any atom is -0.303 e. The van der Waals surface area contributed by atoms with Crippen LogP contribution in [0.15, 0.2) is 18.2 Å². The molecule has 1 heterocycles. The monoisotopic (exact) mass is 260 g/mol. The van der Waals surface area contributed by atoms with Crippen LogP contribution in [0.2, 0.25) is 0 Å². The first-order chi connectivity index (χ1) is 8.97. The Hall–Kier alpha value is -1.19. The SMILES string of the molecule is Cc1ccc(C)c(CC(=O)C2CN(C)CCN2C)c1. The number of carbonyl (C=O) groups is 1. The van der Waals surface area contributed by atoms with Crippen molar-refractivity contribution < 1.29 is 4.79 Å². The van der Waals surface area contributed by atoms with Crippen LogP contribution in [0.4, 0.5) is 0 Å². The minimum absolute atomic E-state index is 0.0404. The van der Waals surface area contributed by atoms with Crippen LogP contribution in [0.25, 0.3) is 0 Å². The number of hydrogen-bond donors (Lipinski definition) is 0. The summed E-state index contributed by atoms with van der Waals surface area (Å²) in [6.45, 7) is 7.02. The van der Waals surface area contributed by atoms with Gasteiger partial charge in [0.15, 0.2) is 5.78 Å². The number of benzene rings is 1. The lowest BCUT2D eigenvalue weighted by molar-refractivity contribution is -0.125. The van der Waals surface area contributed by atoms with Crippen molar-refractivity contribution in [1.29, 1.82) is 0 Å². The van der Waals surface area contributed by atoms with Gasteiger partial charge in [-0.25, -0.2) is 0 Å². The minimum atomic E-state index is 0.0404. The molecule has 1 aromatic carbocycles. The predicted octanol–water partition coefficient (Wildman–Crippen LogP) is 1.66. The Morgan fingerprint density at radius 3 is 2.74 bits per heavy atom. The molecular formula is C16H24N2O. The van der Waals surface area contributed by atoms with Gasteiger partial charge in [0, 0.05) is 26.1 Å². The lowest BCUT2D eigenvalue weighted by Crippen LogP contribution is -2.53. The van der Waals surface area contributed by atoms with E-state index in [1.54, 1.807) is 0 Å². The van der Waals surface area contributed by atoms with E-state index in [9.17, 15) is 4.79 Å². The maximum Gasteiger partial charge on any atom is 0.155 e. The molecule has 0 spiro atoms. The second-order valence-electron chi connectivity index (χ2n) is 5.83. The molecule has 104 valence electrons. The second-order valence-corrected chi connectivity index (χ2v) is 5.83. The number of nitrogens with zero attached hydrogens (tertiary/aromatic N) is 2. The molecule has 1 saturated heterocycles. The van der Waals surface area contributed by atoms with Gasteiger partial charge < -0.3 is 4.90 Å². The first-order valence-corrected chi connectivity index (χ1v) is 6.95. The standard InChI is InChI=1S/C16H24N2O/c1-12-5-6-13(2)14(9-12)10-16(19)15-11-17(3)7-8-18(15)4/h5-6,9,15H,7-8,10-11H2,1-4H3.